The zero-order valence-corrected chi connectivity index (χ0v) is 16.3. The van der Waals surface area contributed by atoms with Gasteiger partial charge in [-0.3, -0.25) is 4.79 Å². The van der Waals surface area contributed by atoms with Gasteiger partial charge in [0.2, 0.25) is 0 Å². The Hall–Kier alpha value is -2.49. The third-order valence-electron chi connectivity index (χ3n) is 4.10. The maximum absolute atomic E-state index is 12.4. The lowest BCUT2D eigenvalue weighted by molar-refractivity contribution is -0.122. The summed E-state index contributed by atoms with van der Waals surface area (Å²) >= 11 is 0. The number of anilines is 1. The Kier molecular flexibility index (Phi) is 7.07. The minimum absolute atomic E-state index is 0.181. The maximum Gasteiger partial charge on any atom is 0.265 e. The molecule has 0 saturated heterocycles. The van der Waals surface area contributed by atoms with Crippen molar-refractivity contribution in [2.45, 2.75) is 47.1 Å². The average Bonchev–Trinajstić information content (AvgIpc) is 2.59. The second kappa shape index (κ2) is 9.27. The molecule has 0 spiro atoms. The van der Waals surface area contributed by atoms with E-state index in [2.05, 4.69) is 19.2 Å². The number of amides is 1. The molecule has 0 saturated carbocycles. The summed E-state index contributed by atoms with van der Waals surface area (Å²) in [6.07, 6.45) is 0.434. The predicted octanol–water partition coefficient (Wildman–Crippen LogP) is 5.13. The highest BCUT2D eigenvalue weighted by Gasteiger charge is 2.16. The molecule has 1 unspecified atom stereocenters. The molecule has 1 atom stereocenters. The fraction of sp³-hybridized carbons (Fsp3) is 0.409. The van der Waals surface area contributed by atoms with Gasteiger partial charge in [0.25, 0.3) is 5.91 Å². The molecular weight excluding hydrogens is 326 g/mol. The Labute approximate surface area is 156 Å². The van der Waals surface area contributed by atoms with Gasteiger partial charge in [0, 0.05) is 5.69 Å². The molecule has 0 aliphatic carbocycles. The van der Waals surface area contributed by atoms with Crippen LogP contribution in [0.5, 0.6) is 11.5 Å². The van der Waals surface area contributed by atoms with Crippen LogP contribution >= 0.6 is 0 Å². The average molecular weight is 355 g/mol. The second-order valence-corrected chi connectivity index (χ2v) is 7.07. The molecule has 0 aliphatic rings. The maximum atomic E-state index is 12.4. The first-order valence-electron chi connectivity index (χ1n) is 9.13. The molecule has 1 amide bonds. The Bertz CT molecular complexity index is 723. The number of nitrogens with one attached hydrogen (secondary N) is 1. The van der Waals surface area contributed by atoms with Gasteiger partial charge in [-0.1, -0.05) is 26.0 Å². The van der Waals surface area contributed by atoms with Crippen molar-refractivity contribution in [2.75, 3.05) is 11.9 Å². The largest absolute Gasteiger partial charge is 0.494 e. The highest BCUT2D eigenvalue weighted by atomic mass is 16.5. The van der Waals surface area contributed by atoms with Gasteiger partial charge in [-0.2, -0.15) is 0 Å². The minimum atomic E-state index is -0.586. The molecule has 0 bridgehead atoms. The van der Waals surface area contributed by atoms with Crippen LogP contribution in [0.15, 0.2) is 42.5 Å². The summed E-state index contributed by atoms with van der Waals surface area (Å²) in [6, 6.07) is 13.4. The quantitative estimate of drug-likeness (QED) is 0.714. The van der Waals surface area contributed by atoms with E-state index < -0.39 is 6.10 Å². The van der Waals surface area contributed by atoms with E-state index in [9.17, 15) is 4.79 Å². The van der Waals surface area contributed by atoms with Crippen molar-refractivity contribution in [1.29, 1.82) is 0 Å². The van der Waals surface area contributed by atoms with Crippen LogP contribution in [0.25, 0.3) is 0 Å². The highest BCUT2D eigenvalue weighted by molar-refractivity contribution is 5.94. The molecule has 4 nitrogen and oxygen atoms in total. The molecule has 2 aromatic carbocycles. The number of hydrogen-bond donors (Lipinski definition) is 1. The van der Waals surface area contributed by atoms with Gasteiger partial charge in [0.15, 0.2) is 6.10 Å². The lowest BCUT2D eigenvalue weighted by atomic mass is 10.1. The van der Waals surface area contributed by atoms with Crippen molar-refractivity contribution < 1.29 is 14.3 Å². The fourth-order valence-electron chi connectivity index (χ4n) is 2.37. The van der Waals surface area contributed by atoms with Crippen molar-refractivity contribution in [3.63, 3.8) is 0 Å². The van der Waals surface area contributed by atoms with Crippen molar-refractivity contribution >= 4 is 11.6 Å². The first kappa shape index (κ1) is 19.8. The van der Waals surface area contributed by atoms with E-state index in [0.29, 0.717) is 12.5 Å². The van der Waals surface area contributed by atoms with Gasteiger partial charge >= 0.3 is 0 Å². The van der Waals surface area contributed by atoms with E-state index in [1.807, 2.05) is 56.3 Å². The van der Waals surface area contributed by atoms with E-state index in [0.717, 1.165) is 34.7 Å². The lowest BCUT2D eigenvalue weighted by Gasteiger charge is -2.17. The number of carbonyl (C=O) groups excluding carboxylic acids is 1. The first-order chi connectivity index (χ1) is 12.3. The molecule has 0 heterocycles. The van der Waals surface area contributed by atoms with E-state index in [1.165, 1.54) is 0 Å². The summed E-state index contributed by atoms with van der Waals surface area (Å²) in [7, 11) is 0. The minimum Gasteiger partial charge on any atom is -0.494 e. The van der Waals surface area contributed by atoms with Crippen LogP contribution in [-0.2, 0) is 4.79 Å². The normalized spacial score (nSPS) is 11.9. The molecule has 140 valence electrons. The fourth-order valence-corrected chi connectivity index (χ4v) is 2.37. The molecule has 0 fully saturated rings. The van der Waals surface area contributed by atoms with Gasteiger partial charge in [-0.15, -0.1) is 0 Å². The van der Waals surface area contributed by atoms with Crippen molar-refractivity contribution in [3.05, 3.63) is 53.6 Å². The Morgan fingerprint density at radius 3 is 2.38 bits per heavy atom. The first-order valence-corrected chi connectivity index (χ1v) is 9.13. The zero-order chi connectivity index (χ0) is 19.1. The van der Waals surface area contributed by atoms with Crippen LogP contribution in [0.2, 0.25) is 0 Å². The topological polar surface area (TPSA) is 47.6 Å². The molecule has 4 heteroatoms. The van der Waals surface area contributed by atoms with Crippen LogP contribution in [0.1, 0.15) is 38.3 Å². The second-order valence-electron chi connectivity index (χ2n) is 7.07. The molecular formula is C22H29NO3. The third-order valence-corrected chi connectivity index (χ3v) is 4.10. The highest BCUT2D eigenvalue weighted by Crippen LogP contribution is 2.21. The Balaban J connectivity index is 1.89. The molecule has 0 aliphatic heterocycles. The summed E-state index contributed by atoms with van der Waals surface area (Å²) in [5, 5.41) is 2.88. The van der Waals surface area contributed by atoms with Gasteiger partial charge in [-0.25, -0.2) is 0 Å². The van der Waals surface area contributed by atoms with Gasteiger partial charge < -0.3 is 14.8 Å². The van der Waals surface area contributed by atoms with Crippen LogP contribution in [-0.4, -0.2) is 18.6 Å². The van der Waals surface area contributed by atoms with Crippen molar-refractivity contribution in [3.8, 4) is 11.5 Å². The number of benzene rings is 2. The standard InChI is InChI=1S/C22H29NO3/c1-15(2)12-13-25-20-10-8-19(9-11-20)23-22(24)18(5)26-21-14-16(3)6-7-17(21)4/h6-11,14-15,18H,12-13H2,1-5H3,(H,23,24). The van der Waals surface area contributed by atoms with E-state index in [1.54, 1.807) is 6.92 Å². The van der Waals surface area contributed by atoms with E-state index in [-0.39, 0.29) is 5.91 Å². The third kappa shape index (κ3) is 6.10. The van der Waals surface area contributed by atoms with Crippen LogP contribution in [0.4, 0.5) is 5.69 Å². The summed E-state index contributed by atoms with van der Waals surface area (Å²) in [6.45, 7) is 10.8. The summed E-state index contributed by atoms with van der Waals surface area (Å²) in [4.78, 5) is 12.4. The smallest absolute Gasteiger partial charge is 0.265 e. The van der Waals surface area contributed by atoms with E-state index >= 15 is 0 Å². The van der Waals surface area contributed by atoms with Gasteiger partial charge in [0.1, 0.15) is 11.5 Å². The van der Waals surface area contributed by atoms with Gasteiger partial charge in [-0.05, 0) is 74.6 Å². The lowest BCUT2D eigenvalue weighted by Crippen LogP contribution is -2.30. The molecule has 2 aromatic rings. The number of aryl methyl sites for hydroxylation is 2. The summed E-state index contributed by atoms with van der Waals surface area (Å²) < 4.78 is 11.5. The Morgan fingerprint density at radius 2 is 1.73 bits per heavy atom. The number of hydrogen-bond acceptors (Lipinski definition) is 3. The predicted molar refractivity (Wildman–Crippen MR) is 106 cm³/mol. The Morgan fingerprint density at radius 1 is 1.04 bits per heavy atom. The molecule has 26 heavy (non-hydrogen) atoms. The summed E-state index contributed by atoms with van der Waals surface area (Å²) in [5.74, 6) is 1.98. The van der Waals surface area contributed by atoms with Crippen molar-refractivity contribution in [1.82, 2.24) is 0 Å². The molecule has 0 radical (unpaired) electrons. The van der Waals surface area contributed by atoms with Crippen LogP contribution in [0.3, 0.4) is 0 Å². The van der Waals surface area contributed by atoms with Crippen LogP contribution in [0, 0.1) is 19.8 Å². The molecule has 2 rings (SSSR count). The van der Waals surface area contributed by atoms with Crippen LogP contribution < -0.4 is 14.8 Å². The zero-order valence-electron chi connectivity index (χ0n) is 16.3. The molecule has 0 aromatic heterocycles. The monoisotopic (exact) mass is 355 g/mol. The number of ether oxygens (including phenoxy) is 2. The van der Waals surface area contributed by atoms with Gasteiger partial charge in [0.05, 0.1) is 6.61 Å². The summed E-state index contributed by atoms with van der Waals surface area (Å²) in [5.41, 5.74) is 2.84. The number of rotatable bonds is 8. The molecule has 1 N–H and O–H groups in total. The number of carbonyl (C=O) groups is 1. The van der Waals surface area contributed by atoms with E-state index in [4.69, 9.17) is 9.47 Å². The van der Waals surface area contributed by atoms with Crippen molar-refractivity contribution in [2.24, 2.45) is 5.92 Å². The SMILES string of the molecule is Cc1ccc(C)c(OC(C)C(=O)Nc2ccc(OCCC(C)C)cc2)c1.